The molecular weight excluding hydrogens is 284 g/mol. The van der Waals surface area contributed by atoms with E-state index < -0.39 is 0 Å². The van der Waals surface area contributed by atoms with Crippen LogP contribution in [0, 0.1) is 0 Å². The fourth-order valence-corrected chi connectivity index (χ4v) is 2.89. The number of rotatable bonds is 8. The van der Waals surface area contributed by atoms with Crippen LogP contribution in [0.25, 0.3) is 0 Å². The molecule has 0 fully saturated rings. The summed E-state index contributed by atoms with van der Waals surface area (Å²) in [6.07, 6.45) is 15.8. The minimum Gasteiger partial charge on any atom is -0.0988 e. The maximum atomic E-state index is 3.83. The molecule has 0 heterocycles. The molecule has 0 aromatic rings. The SMILES string of the molecule is C=C/C(C)=C\SC(=C(C)/C=C/C)C(=C\CC)/C(C)=C/C=C\C. The Labute approximate surface area is 141 Å². The molecule has 22 heavy (non-hydrogen) atoms. The maximum Gasteiger partial charge on any atom is 0.0217 e. The average molecular weight is 315 g/mol. The maximum absolute atomic E-state index is 3.83. The van der Waals surface area contributed by atoms with Gasteiger partial charge in [-0.15, -0.1) is 0 Å². The Balaban J connectivity index is 5.95. The Morgan fingerprint density at radius 3 is 2.27 bits per heavy atom. The van der Waals surface area contributed by atoms with E-state index in [2.05, 4.69) is 83.1 Å². The van der Waals surface area contributed by atoms with Crippen LogP contribution >= 0.6 is 11.8 Å². The first-order valence-electron chi connectivity index (χ1n) is 7.81. The minimum absolute atomic E-state index is 1.02. The third-order valence-electron chi connectivity index (χ3n) is 3.08. The molecule has 0 N–H and O–H groups in total. The first-order valence-corrected chi connectivity index (χ1v) is 8.69. The van der Waals surface area contributed by atoms with E-state index in [4.69, 9.17) is 0 Å². The Morgan fingerprint density at radius 2 is 1.77 bits per heavy atom. The molecule has 1 heteroatoms. The molecule has 0 amide bonds. The highest BCUT2D eigenvalue weighted by Gasteiger charge is 2.09. The Morgan fingerprint density at radius 1 is 1.09 bits per heavy atom. The zero-order valence-electron chi connectivity index (χ0n) is 14.9. The molecule has 0 unspecified atom stereocenters. The van der Waals surface area contributed by atoms with Crippen LogP contribution in [0.5, 0.6) is 0 Å². The summed E-state index contributed by atoms with van der Waals surface area (Å²) in [6, 6.07) is 0. The summed E-state index contributed by atoms with van der Waals surface area (Å²) in [6.45, 7) is 16.5. The molecule has 0 rings (SSSR count). The largest absolute Gasteiger partial charge is 0.0988 e. The quantitative estimate of drug-likeness (QED) is 0.417. The number of allylic oxidation sites excluding steroid dienone is 11. The molecule has 120 valence electrons. The first kappa shape index (κ1) is 20.5. The van der Waals surface area contributed by atoms with Crippen LogP contribution in [0.3, 0.4) is 0 Å². The molecular formula is C21H30S. The molecule has 0 spiro atoms. The lowest BCUT2D eigenvalue weighted by Crippen LogP contribution is -1.92. The van der Waals surface area contributed by atoms with Crippen molar-refractivity contribution in [3.63, 3.8) is 0 Å². The fourth-order valence-electron chi connectivity index (χ4n) is 1.86. The van der Waals surface area contributed by atoms with E-state index in [1.807, 2.05) is 13.0 Å². The average Bonchev–Trinajstić information content (AvgIpc) is 2.51. The van der Waals surface area contributed by atoms with Gasteiger partial charge < -0.3 is 0 Å². The molecule has 0 radical (unpaired) electrons. The van der Waals surface area contributed by atoms with Crippen molar-refractivity contribution in [3.8, 4) is 0 Å². The summed E-state index contributed by atoms with van der Waals surface area (Å²) >= 11 is 1.77. The van der Waals surface area contributed by atoms with Crippen LogP contribution in [0.1, 0.15) is 48.0 Å². The molecule has 0 bridgehead atoms. The second-order valence-electron chi connectivity index (χ2n) is 5.10. The lowest BCUT2D eigenvalue weighted by Gasteiger charge is -2.14. The summed E-state index contributed by atoms with van der Waals surface area (Å²) in [4.78, 5) is 1.31. The normalized spacial score (nSPS) is 15.6. The van der Waals surface area contributed by atoms with Gasteiger partial charge in [-0.3, -0.25) is 0 Å². The van der Waals surface area contributed by atoms with E-state index >= 15 is 0 Å². The zero-order chi connectivity index (χ0) is 17.0. The van der Waals surface area contributed by atoms with Gasteiger partial charge in [-0.05, 0) is 68.7 Å². The van der Waals surface area contributed by atoms with Crippen LogP contribution in [0.4, 0.5) is 0 Å². The molecule has 0 aromatic heterocycles. The monoisotopic (exact) mass is 314 g/mol. The lowest BCUT2D eigenvalue weighted by atomic mass is 10.0. The number of hydrogen-bond acceptors (Lipinski definition) is 1. The zero-order valence-corrected chi connectivity index (χ0v) is 15.8. The molecule has 0 aliphatic carbocycles. The van der Waals surface area contributed by atoms with Gasteiger partial charge >= 0.3 is 0 Å². The van der Waals surface area contributed by atoms with Gasteiger partial charge in [0.05, 0.1) is 0 Å². The second-order valence-corrected chi connectivity index (χ2v) is 5.98. The van der Waals surface area contributed by atoms with Gasteiger partial charge in [-0.1, -0.05) is 67.8 Å². The Bertz CT molecular complexity index is 534. The first-order chi connectivity index (χ1) is 10.5. The summed E-state index contributed by atoms with van der Waals surface area (Å²) in [7, 11) is 0. The van der Waals surface area contributed by atoms with Crippen molar-refractivity contribution in [2.75, 3.05) is 0 Å². The van der Waals surface area contributed by atoms with Gasteiger partial charge in [0.2, 0.25) is 0 Å². The van der Waals surface area contributed by atoms with Crippen molar-refractivity contribution in [1.29, 1.82) is 0 Å². The summed E-state index contributed by atoms with van der Waals surface area (Å²) in [5.41, 5.74) is 5.07. The highest BCUT2D eigenvalue weighted by molar-refractivity contribution is 8.06. The molecule has 0 saturated heterocycles. The molecule has 0 aliphatic rings. The van der Waals surface area contributed by atoms with E-state index in [-0.39, 0.29) is 0 Å². The molecule has 0 atom stereocenters. The molecule has 0 aromatic carbocycles. The van der Waals surface area contributed by atoms with Gasteiger partial charge in [-0.25, -0.2) is 0 Å². The highest BCUT2D eigenvalue weighted by atomic mass is 32.2. The second kappa shape index (κ2) is 12.1. The van der Waals surface area contributed by atoms with Crippen molar-refractivity contribution in [2.24, 2.45) is 0 Å². The smallest absolute Gasteiger partial charge is 0.0217 e. The summed E-state index contributed by atoms with van der Waals surface area (Å²) < 4.78 is 0. The topological polar surface area (TPSA) is 0 Å². The van der Waals surface area contributed by atoms with Gasteiger partial charge in [0.1, 0.15) is 0 Å². The van der Waals surface area contributed by atoms with Gasteiger partial charge in [0.25, 0.3) is 0 Å². The molecule has 0 saturated carbocycles. The van der Waals surface area contributed by atoms with Gasteiger partial charge in [-0.2, -0.15) is 0 Å². The van der Waals surface area contributed by atoms with Crippen molar-refractivity contribution in [2.45, 2.75) is 48.0 Å². The Kier molecular flexibility index (Phi) is 11.3. The van der Waals surface area contributed by atoms with E-state index in [0.29, 0.717) is 0 Å². The van der Waals surface area contributed by atoms with Crippen LogP contribution < -0.4 is 0 Å². The van der Waals surface area contributed by atoms with Crippen LogP contribution in [-0.4, -0.2) is 0 Å². The predicted molar refractivity (Wildman–Crippen MR) is 106 cm³/mol. The van der Waals surface area contributed by atoms with Gasteiger partial charge in [0.15, 0.2) is 0 Å². The standard InChI is InChI=1S/C21H30S/c1-8-12-15-18(6)20(14-10-3)21(19(7)13-9-2)22-16-17(5)11-4/h8-9,11-16H,4,10H2,1-3,5-7H3/b12-8-,13-9+,17-16-,18-15+,20-14-,21-19?. The van der Waals surface area contributed by atoms with E-state index in [0.717, 1.165) is 6.42 Å². The number of thioether (sulfide) groups is 1. The third kappa shape index (κ3) is 7.51. The third-order valence-corrected chi connectivity index (χ3v) is 4.34. The summed E-state index contributed by atoms with van der Waals surface area (Å²) in [5, 5.41) is 2.17. The van der Waals surface area contributed by atoms with Crippen molar-refractivity contribution in [3.05, 3.63) is 81.7 Å². The van der Waals surface area contributed by atoms with E-state index in [1.54, 1.807) is 11.8 Å². The highest BCUT2D eigenvalue weighted by Crippen LogP contribution is 2.34. The van der Waals surface area contributed by atoms with Gasteiger partial charge in [0, 0.05) is 4.91 Å². The summed E-state index contributed by atoms with van der Waals surface area (Å²) in [5.74, 6) is 0. The molecule has 0 nitrogen and oxygen atoms in total. The van der Waals surface area contributed by atoms with Crippen molar-refractivity contribution in [1.82, 2.24) is 0 Å². The van der Waals surface area contributed by atoms with Crippen molar-refractivity contribution >= 4 is 11.8 Å². The van der Waals surface area contributed by atoms with E-state index in [9.17, 15) is 0 Å². The van der Waals surface area contributed by atoms with Crippen LogP contribution in [0.15, 0.2) is 81.7 Å². The lowest BCUT2D eigenvalue weighted by molar-refractivity contribution is 1.19. The van der Waals surface area contributed by atoms with Crippen molar-refractivity contribution < 1.29 is 0 Å². The number of hydrogen-bond donors (Lipinski definition) is 0. The fraction of sp³-hybridized carbons (Fsp3) is 0.333. The van der Waals surface area contributed by atoms with Crippen LogP contribution in [-0.2, 0) is 0 Å². The minimum atomic E-state index is 1.02. The van der Waals surface area contributed by atoms with E-state index in [1.165, 1.54) is 27.2 Å². The predicted octanol–water partition coefficient (Wildman–Crippen LogP) is 7.52. The Hall–Kier alpha value is -1.47. The van der Waals surface area contributed by atoms with Crippen LogP contribution in [0.2, 0.25) is 0 Å². The molecule has 0 aliphatic heterocycles.